The number of halogens is 2. The molecule has 0 atom stereocenters. The maximum Gasteiger partial charge on any atom is 0.338 e. The van der Waals surface area contributed by atoms with Crippen molar-refractivity contribution in [1.29, 1.82) is 0 Å². The van der Waals surface area contributed by atoms with Crippen LogP contribution in [0.5, 0.6) is 0 Å². The van der Waals surface area contributed by atoms with Gasteiger partial charge in [0.25, 0.3) is 0 Å². The largest absolute Gasteiger partial charge is 0.338 e. The van der Waals surface area contributed by atoms with Crippen LogP contribution in [0.4, 0.5) is 8.28 Å². The van der Waals surface area contributed by atoms with Crippen LogP contribution in [0.2, 0.25) is 0 Å². The molecule has 0 radical (unpaired) electrons. The quantitative estimate of drug-likeness (QED) is 0.684. The number of aryl methyl sites for hydroxylation is 2. The van der Waals surface area contributed by atoms with Gasteiger partial charge in [0, 0.05) is 6.54 Å². The molecule has 0 saturated carbocycles. The Morgan fingerprint density at radius 3 is 2.31 bits per heavy atom. The lowest BCUT2D eigenvalue weighted by molar-refractivity contribution is 0.451. The van der Waals surface area contributed by atoms with Crippen LogP contribution in [0.1, 0.15) is 12.6 Å². The van der Waals surface area contributed by atoms with E-state index in [9.17, 15) is 16.7 Å². The van der Waals surface area contributed by atoms with E-state index >= 15 is 0 Å². The Hall–Kier alpha value is -0.980. The lowest BCUT2D eigenvalue weighted by Gasteiger charge is -1.94. The van der Waals surface area contributed by atoms with Crippen molar-refractivity contribution in [2.24, 2.45) is 0 Å². The number of aromatic nitrogens is 2. The van der Waals surface area contributed by atoms with Crippen molar-refractivity contribution in [3.8, 4) is 0 Å². The minimum absolute atomic E-state index is 0.155. The Morgan fingerprint density at radius 2 is 2.08 bits per heavy atom. The zero-order valence-electron chi connectivity index (χ0n) is 7.08. The molecule has 0 aliphatic heterocycles. The lowest BCUT2D eigenvalue weighted by atomic mass is 10.5. The summed E-state index contributed by atoms with van der Waals surface area (Å²) >= 11 is 0. The van der Waals surface area contributed by atoms with E-state index in [-0.39, 0.29) is 12.2 Å². The average Bonchev–Trinajstić information content (AvgIpc) is 2.24. The molecule has 7 heteroatoms. The van der Waals surface area contributed by atoms with E-state index in [2.05, 4.69) is 5.10 Å². The summed E-state index contributed by atoms with van der Waals surface area (Å²) in [5, 5.41) is 3.52. The Labute approximate surface area is 74.4 Å². The van der Waals surface area contributed by atoms with E-state index in [0.717, 1.165) is 4.68 Å². The first-order valence-corrected chi connectivity index (χ1v) is 4.93. The summed E-state index contributed by atoms with van der Waals surface area (Å²) in [7, 11) is -5.01. The molecular formula is C6H8F2N2O2S. The second-order valence-corrected chi connectivity index (χ2v) is 3.74. The van der Waals surface area contributed by atoms with Gasteiger partial charge in [-0.15, -0.1) is 3.89 Å². The molecule has 0 amide bonds. The highest BCUT2D eigenvalue weighted by atomic mass is 32.3. The van der Waals surface area contributed by atoms with Crippen LogP contribution in [0.25, 0.3) is 0 Å². The predicted octanol–water partition coefficient (Wildman–Crippen LogP) is 1.01. The van der Waals surface area contributed by atoms with Crippen molar-refractivity contribution in [2.75, 3.05) is 0 Å². The maximum atomic E-state index is 13.1. The van der Waals surface area contributed by atoms with E-state index in [1.807, 2.05) is 0 Å². The molecule has 0 aliphatic rings. The average molecular weight is 210 g/mol. The van der Waals surface area contributed by atoms with Crippen LogP contribution in [-0.2, 0) is 16.8 Å². The molecule has 0 unspecified atom stereocenters. The van der Waals surface area contributed by atoms with Crippen LogP contribution in [0.15, 0.2) is 4.90 Å². The molecular weight excluding hydrogens is 202 g/mol. The molecule has 0 aromatic carbocycles. The Kier molecular flexibility index (Phi) is 2.38. The summed E-state index contributed by atoms with van der Waals surface area (Å²) in [6, 6.07) is 0. The molecule has 0 spiro atoms. The fourth-order valence-electron chi connectivity index (χ4n) is 1.02. The van der Waals surface area contributed by atoms with Gasteiger partial charge in [-0.2, -0.15) is 17.9 Å². The molecule has 0 bridgehead atoms. The minimum atomic E-state index is -5.01. The summed E-state index contributed by atoms with van der Waals surface area (Å²) < 4.78 is 47.2. The van der Waals surface area contributed by atoms with Crippen molar-refractivity contribution in [3.63, 3.8) is 0 Å². The molecule has 74 valence electrons. The number of hydrogen-bond donors (Lipinski definition) is 0. The van der Waals surface area contributed by atoms with Crippen molar-refractivity contribution >= 4 is 10.2 Å². The van der Waals surface area contributed by atoms with E-state index in [4.69, 9.17) is 0 Å². The molecule has 0 saturated heterocycles. The third-order valence-electron chi connectivity index (χ3n) is 1.56. The second kappa shape index (κ2) is 3.06. The fourth-order valence-corrected chi connectivity index (χ4v) is 1.72. The second-order valence-electron chi connectivity index (χ2n) is 2.46. The summed E-state index contributed by atoms with van der Waals surface area (Å²) in [6.45, 7) is 2.97. The third kappa shape index (κ3) is 1.69. The van der Waals surface area contributed by atoms with Crippen LogP contribution < -0.4 is 0 Å². The fraction of sp³-hybridized carbons (Fsp3) is 0.500. The van der Waals surface area contributed by atoms with Gasteiger partial charge in [-0.3, -0.25) is 0 Å². The first-order valence-electron chi connectivity index (χ1n) is 3.55. The topological polar surface area (TPSA) is 52.0 Å². The normalized spacial score (nSPS) is 12.0. The molecule has 0 aliphatic carbocycles. The van der Waals surface area contributed by atoms with Gasteiger partial charge in [-0.1, -0.05) is 0 Å². The monoisotopic (exact) mass is 210 g/mol. The van der Waals surface area contributed by atoms with Gasteiger partial charge in [-0.05, 0) is 13.8 Å². The van der Waals surface area contributed by atoms with Gasteiger partial charge in [0.15, 0.2) is 4.90 Å². The van der Waals surface area contributed by atoms with Crippen LogP contribution in [0, 0.1) is 12.9 Å². The molecule has 1 heterocycles. The van der Waals surface area contributed by atoms with Crippen LogP contribution in [0.3, 0.4) is 0 Å². The SMILES string of the molecule is CCn1nc(C)c(S(=O)(=O)F)c1F. The molecule has 1 rings (SSSR count). The Morgan fingerprint density at radius 1 is 1.54 bits per heavy atom. The van der Waals surface area contributed by atoms with Crippen molar-refractivity contribution in [2.45, 2.75) is 25.3 Å². The first-order chi connectivity index (χ1) is 5.88. The standard InChI is InChI=1S/C6H8F2N2O2S/c1-3-10-6(7)5(4(2)9-10)13(8,11)12/h3H2,1-2H3. The Balaban J connectivity index is 3.47. The van der Waals surface area contributed by atoms with Crippen molar-refractivity contribution < 1.29 is 16.7 Å². The zero-order valence-corrected chi connectivity index (χ0v) is 7.90. The number of rotatable bonds is 2. The molecule has 1 aromatic heterocycles. The van der Waals surface area contributed by atoms with Crippen molar-refractivity contribution in [3.05, 3.63) is 11.6 Å². The number of nitrogens with zero attached hydrogens (tertiary/aromatic N) is 2. The first kappa shape index (κ1) is 10.1. The molecule has 0 N–H and O–H groups in total. The summed E-state index contributed by atoms with van der Waals surface area (Å²) in [5.41, 5.74) is -0.165. The maximum absolute atomic E-state index is 13.1. The van der Waals surface area contributed by atoms with E-state index in [0.29, 0.717) is 0 Å². The minimum Gasteiger partial charge on any atom is -0.238 e. The van der Waals surface area contributed by atoms with Crippen LogP contribution in [-0.4, -0.2) is 18.2 Å². The highest BCUT2D eigenvalue weighted by molar-refractivity contribution is 7.86. The number of hydrogen-bond acceptors (Lipinski definition) is 3. The van der Waals surface area contributed by atoms with Gasteiger partial charge < -0.3 is 0 Å². The van der Waals surface area contributed by atoms with Crippen LogP contribution >= 0.6 is 0 Å². The van der Waals surface area contributed by atoms with E-state index < -0.39 is 21.1 Å². The summed E-state index contributed by atoms with van der Waals surface area (Å²) in [6.07, 6.45) is 0. The van der Waals surface area contributed by atoms with Gasteiger partial charge in [0.2, 0.25) is 5.95 Å². The van der Waals surface area contributed by atoms with Crippen molar-refractivity contribution in [1.82, 2.24) is 9.78 Å². The third-order valence-corrected chi connectivity index (χ3v) is 2.51. The predicted molar refractivity (Wildman–Crippen MR) is 40.9 cm³/mol. The highest BCUT2D eigenvalue weighted by Crippen LogP contribution is 2.20. The highest BCUT2D eigenvalue weighted by Gasteiger charge is 2.26. The Bertz CT molecular complexity index is 424. The smallest absolute Gasteiger partial charge is 0.238 e. The van der Waals surface area contributed by atoms with E-state index in [1.54, 1.807) is 6.92 Å². The molecule has 13 heavy (non-hydrogen) atoms. The van der Waals surface area contributed by atoms with Gasteiger partial charge in [0.1, 0.15) is 0 Å². The molecule has 1 aromatic rings. The molecule has 4 nitrogen and oxygen atoms in total. The summed E-state index contributed by atoms with van der Waals surface area (Å²) in [5.74, 6) is -1.15. The van der Waals surface area contributed by atoms with Gasteiger partial charge >= 0.3 is 10.2 Å². The lowest BCUT2D eigenvalue weighted by Crippen LogP contribution is -2.02. The zero-order chi connectivity index (χ0) is 10.2. The summed E-state index contributed by atoms with van der Waals surface area (Å²) in [4.78, 5) is -0.964. The molecule has 0 fully saturated rings. The van der Waals surface area contributed by atoms with E-state index in [1.165, 1.54) is 6.92 Å². The van der Waals surface area contributed by atoms with Gasteiger partial charge in [-0.25, -0.2) is 4.68 Å². The van der Waals surface area contributed by atoms with Gasteiger partial charge in [0.05, 0.1) is 5.69 Å².